The largest absolute Gasteiger partial charge is 0.481 e. The number of fused-ring (bicyclic) bond motifs is 1. The van der Waals surface area contributed by atoms with Crippen LogP contribution in [0.4, 0.5) is 0 Å². The molecule has 2 atom stereocenters. The fourth-order valence-corrected chi connectivity index (χ4v) is 1.69. The molecule has 3 N–H and O–H groups in total. The zero-order valence-corrected chi connectivity index (χ0v) is 6.99. The third kappa shape index (κ3) is 1.27. The number of nitrogens with zero attached hydrogens (tertiary/aromatic N) is 1. The minimum atomic E-state index is -1.07. The SMILES string of the molecule is O=C(O)C1CNC2CCNN2C1=O. The van der Waals surface area contributed by atoms with Crippen LogP contribution < -0.4 is 10.7 Å². The molecular formula is C7H11N3O3. The number of hydrogen-bond donors (Lipinski definition) is 3. The highest BCUT2D eigenvalue weighted by Crippen LogP contribution is 2.15. The molecule has 0 aromatic carbocycles. The molecule has 0 radical (unpaired) electrons. The normalized spacial score (nSPS) is 33.2. The molecule has 2 saturated heterocycles. The van der Waals surface area contributed by atoms with Gasteiger partial charge in [-0.25, -0.2) is 5.43 Å². The average Bonchev–Trinajstić information content (AvgIpc) is 2.52. The lowest BCUT2D eigenvalue weighted by Crippen LogP contribution is -2.60. The summed E-state index contributed by atoms with van der Waals surface area (Å²) < 4.78 is 0. The molecule has 2 rings (SSSR count). The molecule has 1 amide bonds. The second-order valence-electron chi connectivity index (χ2n) is 3.22. The Morgan fingerprint density at radius 1 is 1.62 bits per heavy atom. The van der Waals surface area contributed by atoms with Crippen molar-refractivity contribution in [2.45, 2.75) is 12.6 Å². The van der Waals surface area contributed by atoms with Crippen LogP contribution in [0.15, 0.2) is 0 Å². The van der Waals surface area contributed by atoms with E-state index in [0.29, 0.717) is 0 Å². The van der Waals surface area contributed by atoms with Gasteiger partial charge in [-0.05, 0) is 6.42 Å². The Labute approximate surface area is 74.9 Å². The highest BCUT2D eigenvalue weighted by molar-refractivity contribution is 5.97. The number of carboxylic acid groups (broad SMARTS) is 1. The van der Waals surface area contributed by atoms with Crippen LogP contribution in [-0.4, -0.2) is 41.2 Å². The molecule has 6 heteroatoms. The van der Waals surface area contributed by atoms with Crippen LogP contribution in [0.5, 0.6) is 0 Å². The van der Waals surface area contributed by atoms with E-state index in [1.165, 1.54) is 5.01 Å². The van der Waals surface area contributed by atoms with Crippen molar-refractivity contribution in [3.63, 3.8) is 0 Å². The summed E-state index contributed by atoms with van der Waals surface area (Å²) in [5.74, 6) is -2.35. The molecule has 0 aliphatic carbocycles. The van der Waals surface area contributed by atoms with Crippen molar-refractivity contribution in [3.8, 4) is 0 Å². The van der Waals surface area contributed by atoms with Crippen LogP contribution in [0.25, 0.3) is 0 Å². The first-order chi connectivity index (χ1) is 6.20. The van der Waals surface area contributed by atoms with Crippen LogP contribution in [0, 0.1) is 5.92 Å². The molecule has 13 heavy (non-hydrogen) atoms. The second-order valence-corrected chi connectivity index (χ2v) is 3.22. The molecule has 0 aromatic heterocycles. The molecule has 2 aliphatic rings. The van der Waals surface area contributed by atoms with Crippen LogP contribution in [0.3, 0.4) is 0 Å². The predicted molar refractivity (Wildman–Crippen MR) is 42.4 cm³/mol. The van der Waals surface area contributed by atoms with Gasteiger partial charge in [0.2, 0.25) is 0 Å². The van der Waals surface area contributed by atoms with E-state index in [0.717, 1.165) is 13.0 Å². The number of rotatable bonds is 1. The van der Waals surface area contributed by atoms with E-state index in [4.69, 9.17) is 5.11 Å². The Morgan fingerprint density at radius 3 is 3.08 bits per heavy atom. The van der Waals surface area contributed by atoms with Gasteiger partial charge in [-0.1, -0.05) is 0 Å². The summed E-state index contributed by atoms with van der Waals surface area (Å²) in [6.45, 7) is 0.951. The van der Waals surface area contributed by atoms with Crippen molar-refractivity contribution in [2.24, 2.45) is 5.92 Å². The summed E-state index contributed by atoms with van der Waals surface area (Å²) >= 11 is 0. The van der Waals surface area contributed by atoms with Crippen LogP contribution >= 0.6 is 0 Å². The summed E-state index contributed by atoms with van der Waals surface area (Å²) in [6, 6.07) is 0. The predicted octanol–water partition coefficient (Wildman–Crippen LogP) is -1.65. The zero-order valence-electron chi connectivity index (χ0n) is 6.99. The molecule has 72 valence electrons. The Bertz CT molecular complexity index is 255. The lowest BCUT2D eigenvalue weighted by Gasteiger charge is -2.32. The van der Waals surface area contributed by atoms with Crippen molar-refractivity contribution in [1.82, 2.24) is 15.8 Å². The van der Waals surface area contributed by atoms with E-state index in [9.17, 15) is 9.59 Å². The van der Waals surface area contributed by atoms with Gasteiger partial charge >= 0.3 is 5.97 Å². The maximum absolute atomic E-state index is 11.5. The summed E-state index contributed by atoms with van der Waals surface area (Å²) in [6.07, 6.45) is 0.807. The van der Waals surface area contributed by atoms with Crippen molar-refractivity contribution in [3.05, 3.63) is 0 Å². The summed E-state index contributed by atoms with van der Waals surface area (Å²) in [4.78, 5) is 22.1. The molecule has 2 heterocycles. The molecule has 0 saturated carbocycles. The Kier molecular flexibility index (Phi) is 1.93. The fourth-order valence-electron chi connectivity index (χ4n) is 1.69. The van der Waals surface area contributed by atoms with Crippen molar-refractivity contribution < 1.29 is 14.7 Å². The lowest BCUT2D eigenvalue weighted by atomic mass is 10.1. The first kappa shape index (κ1) is 8.46. The Balaban J connectivity index is 2.13. The van der Waals surface area contributed by atoms with Gasteiger partial charge in [0.1, 0.15) is 5.92 Å². The summed E-state index contributed by atoms with van der Waals surface area (Å²) in [5, 5.41) is 13.1. The third-order valence-electron chi connectivity index (χ3n) is 2.40. The molecule has 0 aromatic rings. The topological polar surface area (TPSA) is 81.7 Å². The highest BCUT2D eigenvalue weighted by Gasteiger charge is 2.41. The number of carbonyl (C=O) groups is 2. The molecule has 2 aliphatic heterocycles. The maximum atomic E-state index is 11.5. The molecule has 0 spiro atoms. The van der Waals surface area contributed by atoms with E-state index < -0.39 is 11.9 Å². The van der Waals surface area contributed by atoms with Crippen molar-refractivity contribution in [1.29, 1.82) is 0 Å². The number of carbonyl (C=O) groups excluding carboxylic acids is 1. The van der Waals surface area contributed by atoms with E-state index in [1.807, 2.05) is 0 Å². The van der Waals surface area contributed by atoms with Crippen molar-refractivity contribution >= 4 is 11.9 Å². The van der Waals surface area contributed by atoms with Gasteiger partial charge in [-0.3, -0.25) is 19.9 Å². The van der Waals surface area contributed by atoms with Crippen LogP contribution in [-0.2, 0) is 9.59 Å². The lowest BCUT2D eigenvalue weighted by molar-refractivity contribution is -0.156. The zero-order chi connectivity index (χ0) is 9.42. The average molecular weight is 185 g/mol. The molecule has 6 nitrogen and oxygen atoms in total. The van der Waals surface area contributed by atoms with E-state index in [1.54, 1.807) is 0 Å². The number of nitrogens with one attached hydrogen (secondary N) is 2. The van der Waals surface area contributed by atoms with Gasteiger partial charge < -0.3 is 5.11 Å². The molecule has 0 bridgehead atoms. The number of amides is 1. The number of aliphatic carboxylic acids is 1. The van der Waals surface area contributed by atoms with Crippen molar-refractivity contribution in [2.75, 3.05) is 13.1 Å². The summed E-state index contributed by atoms with van der Waals surface area (Å²) in [5.41, 5.74) is 2.85. The van der Waals surface area contributed by atoms with Gasteiger partial charge in [0.25, 0.3) is 5.91 Å². The van der Waals surface area contributed by atoms with E-state index >= 15 is 0 Å². The Hall–Kier alpha value is -1.14. The minimum absolute atomic E-state index is 0.0249. The third-order valence-corrected chi connectivity index (χ3v) is 2.40. The maximum Gasteiger partial charge on any atom is 0.317 e. The first-order valence-corrected chi connectivity index (χ1v) is 4.23. The number of hydrazine groups is 1. The van der Waals surface area contributed by atoms with Gasteiger partial charge in [0.15, 0.2) is 0 Å². The van der Waals surface area contributed by atoms with Gasteiger partial charge in [0, 0.05) is 13.1 Å². The quantitative estimate of drug-likeness (QED) is 0.426. The van der Waals surface area contributed by atoms with E-state index in [2.05, 4.69) is 10.7 Å². The van der Waals surface area contributed by atoms with Crippen LogP contribution in [0.1, 0.15) is 6.42 Å². The molecule has 2 fully saturated rings. The van der Waals surface area contributed by atoms with E-state index in [-0.39, 0.29) is 18.6 Å². The smallest absolute Gasteiger partial charge is 0.317 e. The fraction of sp³-hybridized carbons (Fsp3) is 0.714. The molecule has 2 unspecified atom stereocenters. The van der Waals surface area contributed by atoms with Gasteiger partial charge in [-0.15, -0.1) is 0 Å². The first-order valence-electron chi connectivity index (χ1n) is 4.23. The van der Waals surface area contributed by atoms with Gasteiger partial charge in [-0.2, -0.15) is 0 Å². The highest BCUT2D eigenvalue weighted by atomic mass is 16.4. The summed E-state index contributed by atoms with van der Waals surface area (Å²) in [7, 11) is 0. The van der Waals surface area contributed by atoms with Gasteiger partial charge in [0.05, 0.1) is 6.17 Å². The molecular weight excluding hydrogens is 174 g/mol. The van der Waals surface area contributed by atoms with Crippen LogP contribution in [0.2, 0.25) is 0 Å². The number of carboxylic acids is 1. The minimum Gasteiger partial charge on any atom is -0.481 e. The number of hydrogen-bond acceptors (Lipinski definition) is 4. The second kappa shape index (κ2) is 2.97. The Morgan fingerprint density at radius 2 is 2.38 bits per heavy atom. The monoisotopic (exact) mass is 185 g/mol. The standard InChI is InChI=1S/C7H11N3O3/c11-6-4(7(12)13)3-8-5-1-2-9-10(5)6/h4-5,8-9H,1-3H2,(H,12,13).